The second-order valence-electron chi connectivity index (χ2n) is 4.73. The van der Waals surface area contributed by atoms with Crippen molar-refractivity contribution >= 4 is 17.3 Å². The number of aromatic nitrogens is 2. The number of hydrogen-bond acceptors (Lipinski definition) is 4. The Kier molecular flexibility index (Phi) is 3.98. The molecule has 5 heteroatoms. The van der Waals surface area contributed by atoms with Crippen molar-refractivity contribution in [2.75, 3.05) is 11.1 Å². The zero-order chi connectivity index (χ0) is 14.7. The molecular formula is C15H18N4O. The van der Waals surface area contributed by atoms with Crippen LogP contribution in [0.2, 0.25) is 0 Å². The van der Waals surface area contributed by atoms with E-state index in [0.717, 1.165) is 16.9 Å². The first-order valence-corrected chi connectivity index (χ1v) is 6.52. The standard InChI is InChI=1S/C15H18N4O/c1-4-13-12(8-10(3)18-19-13)15(20)17-14-6-5-11(16)7-9(14)2/h5-8H,4,16H2,1-3H3,(H,17,20). The molecule has 0 saturated carbocycles. The van der Waals surface area contributed by atoms with Gasteiger partial charge in [-0.3, -0.25) is 4.79 Å². The van der Waals surface area contributed by atoms with Crippen molar-refractivity contribution in [2.24, 2.45) is 0 Å². The number of nitrogen functional groups attached to an aromatic ring is 1. The smallest absolute Gasteiger partial charge is 0.257 e. The highest BCUT2D eigenvalue weighted by Crippen LogP contribution is 2.19. The van der Waals surface area contributed by atoms with Crippen molar-refractivity contribution in [1.29, 1.82) is 0 Å². The fraction of sp³-hybridized carbons (Fsp3) is 0.267. The van der Waals surface area contributed by atoms with Crippen LogP contribution in [0.3, 0.4) is 0 Å². The lowest BCUT2D eigenvalue weighted by atomic mass is 10.1. The van der Waals surface area contributed by atoms with E-state index in [1.165, 1.54) is 0 Å². The molecule has 0 aliphatic carbocycles. The van der Waals surface area contributed by atoms with Gasteiger partial charge in [0.2, 0.25) is 0 Å². The molecule has 2 rings (SSSR count). The van der Waals surface area contributed by atoms with Crippen molar-refractivity contribution in [3.63, 3.8) is 0 Å². The molecule has 104 valence electrons. The van der Waals surface area contributed by atoms with Crippen molar-refractivity contribution < 1.29 is 4.79 Å². The van der Waals surface area contributed by atoms with Gasteiger partial charge in [0.1, 0.15) is 0 Å². The van der Waals surface area contributed by atoms with Gasteiger partial charge in [0.15, 0.2) is 0 Å². The number of aryl methyl sites for hydroxylation is 3. The number of carbonyl (C=O) groups excluding carboxylic acids is 1. The van der Waals surface area contributed by atoms with Gasteiger partial charge >= 0.3 is 0 Å². The maximum Gasteiger partial charge on any atom is 0.257 e. The molecular weight excluding hydrogens is 252 g/mol. The molecule has 1 heterocycles. The van der Waals surface area contributed by atoms with Gasteiger partial charge in [0.25, 0.3) is 5.91 Å². The molecule has 5 nitrogen and oxygen atoms in total. The lowest BCUT2D eigenvalue weighted by molar-refractivity contribution is 0.102. The number of amides is 1. The maximum atomic E-state index is 12.4. The largest absolute Gasteiger partial charge is 0.399 e. The highest BCUT2D eigenvalue weighted by atomic mass is 16.1. The normalized spacial score (nSPS) is 10.3. The van der Waals surface area contributed by atoms with E-state index in [0.29, 0.717) is 23.4 Å². The SMILES string of the molecule is CCc1nnc(C)cc1C(=O)Nc1ccc(N)cc1C. The zero-order valence-electron chi connectivity index (χ0n) is 11.9. The summed E-state index contributed by atoms with van der Waals surface area (Å²) in [7, 11) is 0. The van der Waals surface area contributed by atoms with Crippen LogP contribution < -0.4 is 11.1 Å². The van der Waals surface area contributed by atoms with Gasteiger partial charge in [-0.05, 0) is 50.1 Å². The molecule has 0 bridgehead atoms. The van der Waals surface area contributed by atoms with Crippen molar-refractivity contribution in [3.05, 3.63) is 46.8 Å². The van der Waals surface area contributed by atoms with Gasteiger partial charge < -0.3 is 11.1 Å². The molecule has 0 fully saturated rings. The van der Waals surface area contributed by atoms with Gasteiger partial charge in [0, 0.05) is 11.4 Å². The fourth-order valence-corrected chi connectivity index (χ4v) is 1.99. The Hall–Kier alpha value is -2.43. The molecule has 1 aromatic heterocycles. The van der Waals surface area contributed by atoms with Crippen LogP contribution in [0.5, 0.6) is 0 Å². The Labute approximate surface area is 118 Å². The molecule has 0 spiro atoms. The Morgan fingerprint density at radius 2 is 2.00 bits per heavy atom. The van der Waals surface area contributed by atoms with Crippen LogP contribution in [-0.2, 0) is 6.42 Å². The van der Waals surface area contributed by atoms with Gasteiger partial charge in [-0.1, -0.05) is 6.92 Å². The van der Waals surface area contributed by atoms with E-state index in [9.17, 15) is 4.79 Å². The molecule has 0 saturated heterocycles. The second-order valence-corrected chi connectivity index (χ2v) is 4.73. The summed E-state index contributed by atoms with van der Waals surface area (Å²) in [6.07, 6.45) is 0.663. The number of hydrogen-bond donors (Lipinski definition) is 2. The number of nitrogens with two attached hydrogens (primary N) is 1. The summed E-state index contributed by atoms with van der Waals surface area (Å²) in [5.41, 5.74) is 10.0. The molecule has 0 unspecified atom stereocenters. The van der Waals surface area contributed by atoms with Crippen LogP contribution in [0, 0.1) is 13.8 Å². The summed E-state index contributed by atoms with van der Waals surface area (Å²) in [6, 6.07) is 7.15. The number of rotatable bonds is 3. The topological polar surface area (TPSA) is 80.9 Å². The minimum absolute atomic E-state index is 0.173. The molecule has 1 amide bonds. The van der Waals surface area contributed by atoms with Crippen LogP contribution in [0.1, 0.15) is 34.2 Å². The van der Waals surface area contributed by atoms with Crippen molar-refractivity contribution in [2.45, 2.75) is 27.2 Å². The summed E-state index contributed by atoms with van der Waals surface area (Å²) in [6.45, 7) is 5.67. The Morgan fingerprint density at radius 1 is 1.25 bits per heavy atom. The predicted octanol–water partition coefficient (Wildman–Crippen LogP) is 2.49. The number of carbonyl (C=O) groups is 1. The van der Waals surface area contributed by atoms with Gasteiger partial charge in [-0.15, -0.1) is 0 Å². The lowest BCUT2D eigenvalue weighted by Crippen LogP contribution is -2.16. The van der Waals surface area contributed by atoms with Crippen LogP contribution in [0.4, 0.5) is 11.4 Å². The van der Waals surface area contributed by atoms with Gasteiger partial charge in [-0.25, -0.2) is 0 Å². The Balaban J connectivity index is 2.30. The third-order valence-corrected chi connectivity index (χ3v) is 3.07. The molecule has 20 heavy (non-hydrogen) atoms. The Morgan fingerprint density at radius 3 is 2.65 bits per heavy atom. The predicted molar refractivity (Wildman–Crippen MR) is 79.7 cm³/mol. The fourth-order valence-electron chi connectivity index (χ4n) is 1.99. The summed E-state index contributed by atoms with van der Waals surface area (Å²) in [5.74, 6) is -0.173. The Bertz CT molecular complexity index is 652. The molecule has 0 aliphatic rings. The van der Waals surface area contributed by atoms with E-state index in [1.54, 1.807) is 18.2 Å². The zero-order valence-corrected chi connectivity index (χ0v) is 11.9. The van der Waals surface area contributed by atoms with E-state index in [4.69, 9.17) is 5.73 Å². The van der Waals surface area contributed by atoms with Gasteiger partial charge in [0.05, 0.1) is 17.0 Å². The molecule has 0 atom stereocenters. The van der Waals surface area contributed by atoms with E-state index in [1.807, 2.05) is 26.8 Å². The summed E-state index contributed by atoms with van der Waals surface area (Å²) in [5, 5.41) is 10.9. The van der Waals surface area contributed by atoms with Crippen LogP contribution in [0.25, 0.3) is 0 Å². The van der Waals surface area contributed by atoms with Crippen LogP contribution in [0.15, 0.2) is 24.3 Å². The first-order chi connectivity index (χ1) is 9.51. The monoisotopic (exact) mass is 270 g/mol. The van der Waals surface area contributed by atoms with E-state index in [2.05, 4.69) is 15.5 Å². The third-order valence-electron chi connectivity index (χ3n) is 3.07. The molecule has 2 aromatic rings. The van der Waals surface area contributed by atoms with Crippen LogP contribution in [-0.4, -0.2) is 16.1 Å². The second kappa shape index (κ2) is 5.69. The average molecular weight is 270 g/mol. The number of anilines is 2. The summed E-state index contributed by atoms with van der Waals surface area (Å²) < 4.78 is 0. The highest BCUT2D eigenvalue weighted by molar-refractivity contribution is 6.05. The first kappa shape index (κ1) is 14.0. The quantitative estimate of drug-likeness (QED) is 0.840. The molecule has 0 aliphatic heterocycles. The molecule has 0 radical (unpaired) electrons. The summed E-state index contributed by atoms with van der Waals surface area (Å²) in [4.78, 5) is 12.4. The third kappa shape index (κ3) is 2.93. The number of nitrogens with one attached hydrogen (secondary N) is 1. The van der Waals surface area contributed by atoms with Gasteiger partial charge in [-0.2, -0.15) is 10.2 Å². The minimum atomic E-state index is -0.173. The van der Waals surface area contributed by atoms with E-state index >= 15 is 0 Å². The maximum absolute atomic E-state index is 12.4. The highest BCUT2D eigenvalue weighted by Gasteiger charge is 2.14. The van der Waals surface area contributed by atoms with Crippen molar-refractivity contribution in [1.82, 2.24) is 10.2 Å². The first-order valence-electron chi connectivity index (χ1n) is 6.52. The van der Waals surface area contributed by atoms with Crippen molar-refractivity contribution in [3.8, 4) is 0 Å². The minimum Gasteiger partial charge on any atom is -0.399 e. The number of nitrogens with zero attached hydrogens (tertiary/aromatic N) is 2. The molecule has 1 aromatic carbocycles. The van der Waals surface area contributed by atoms with E-state index in [-0.39, 0.29) is 5.91 Å². The molecule has 3 N–H and O–H groups in total. The lowest BCUT2D eigenvalue weighted by Gasteiger charge is -2.11. The number of benzene rings is 1. The average Bonchev–Trinajstić information content (AvgIpc) is 2.41. The van der Waals surface area contributed by atoms with E-state index < -0.39 is 0 Å². The van der Waals surface area contributed by atoms with Crippen LogP contribution >= 0.6 is 0 Å². The summed E-state index contributed by atoms with van der Waals surface area (Å²) >= 11 is 0.